The van der Waals surface area contributed by atoms with Crippen molar-refractivity contribution in [3.63, 3.8) is 0 Å². The summed E-state index contributed by atoms with van der Waals surface area (Å²) in [5.74, 6) is -0.858. The van der Waals surface area contributed by atoms with E-state index in [4.69, 9.17) is 0 Å². The van der Waals surface area contributed by atoms with E-state index in [1.807, 2.05) is 0 Å². The summed E-state index contributed by atoms with van der Waals surface area (Å²) < 4.78 is 94.2. The molecule has 0 bridgehead atoms. The van der Waals surface area contributed by atoms with Gasteiger partial charge in [0.15, 0.2) is 4.90 Å². The van der Waals surface area contributed by atoms with Gasteiger partial charge in [0.2, 0.25) is 5.91 Å². The molecule has 4 aromatic rings. The second-order valence-corrected chi connectivity index (χ2v) is 12.3. The summed E-state index contributed by atoms with van der Waals surface area (Å²) in [6.07, 6.45) is -4.67. The molecule has 0 aliphatic rings. The molecule has 0 saturated heterocycles. The van der Waals surface area contributed by atoms with Crippen LogP contribution in [0.2, 0.25) is 0 Å². The lowest BCUT2D eigenvalue weighted by atomic mass is 10.2. The highest BCUT2D eigenvalue weighted by molar-refractivity contribution is 7.93. The Labute approximate surface area is 243 Å². The molecular weight excluding hydrogens is 613 g/mol. The van der Waals surface area contributed by atoms with Crippen LogP contribution in [0.25, 0.3) is 0 Å². The predicted molar refractivity (Wildman–Crippen MR) is 151 cm³/mol. The monoisotopic (exact) mass is 634 g/mol. The number of nitrogens with one attached hydrogen (secondary N) is 2. The highest BCUT2D eigenvalue weighted by Gasteiger charge is 2.33. The molecule has 0 fully saturated rings. The lowest BCUT2D eigenvalue weighted by Gasteiger charge is -2.24. The van der Waals surface area contributed by atoms with Crippen LogP contribution < -0.4 is 14.3 Å². The van der Waals surface area contributed by atoms with E-state index in [1.165, 1.54) is 48.5 Å². The number of nitro benzene ring substituents is 1. The number of nitrogens with zero attached hydrogens (tertiary/aromatic N) is 2. The first-order valence-electron chi connectivity index (χ1n) is 12.1. The van der Waals surface area contributed by atoms with Crippen molar-refractivity contribution in [3.05, 3.63) is 119 Å². The van der Waals surface area contributed by atoms with Crippen LogP contribution in [0, 0.1) is 10.1 Å². The maximum atomic E-state index is 13.5. The Morgan fingerprint density at radius 1 is 0.814 bits per heavy atom. The molecule has 0 aliphatic carbocycles. The average molecular weight is 635 g/mol. The Hall–Kier alpha value is -4.96. The van der Waals surface area contributed by atoms with Crippen LogP contribution in [0.5, 0.6) is 0 Å². The lowest BCUT2D eigenvalue weighted by molar-refractivity contribution is -0.387. The molecule has 1 amide bonds. The number of benzene rings is 4. The molecule has 4 rings (SSSR count). The fraction of sp³-hybridized carbons (Fsp3) is 0.0741. The van der Waals surface area contributed by atoms with Crippen molar-refractivity contribution in [2.24, 2.45) is 0 Å². The molecular formula is C27H21F3N4O7S2. The number of hydrogen-bond acceptors (Lipinski definition) is 7. The van der Waals surface area contributed by atoms with Gasteiger partial charge < -0.3 is 5.32 Å². The largest absolute Gasteiger partial charge is 0.416 e. The lowest BCUT2D eigenvalue weighted by Crippen LogP contribution is -2.38. The SMILES string of the molecule is O=C(CN(c1ccccc1)S(=O)(=O)c1ccccc1[N+](=O)[O-])Nc1ccc(S(=O)(=O)Nc2cccc(C(F)(F)F)c2)cc1. The topological polar surface area (TPSA) is 156 Å². The van der Waals surface area contributed by atoms with Crippen molar-refractivity contribution < 1.29 is 39.7 Å². The van der Waals surface area contributed by atoms with Crippen molar-refractivity contribution in [2.45, 2.75) is 16.0 Å². The number of rotatable bonds is 10. The highest BCUT2D eigenvalue weighted by Crippen LogP contribution is 2.32. The second-order valence-electron chi connectivity index (χ2n) is 8.83. The minimum Gasteiger partial charge on any atom is -0.325 e. The van der Waals surface area contributed by atoms with Crippen molar-refractivity contribution >= 4 is 48.7 Å². The molecule has 0 heterocycles. The quantitative estimate of drug-likeness (QED) is 0.178. The summed E-state index contributed by atoms with van der Waals surface area (Å²) in [6.45, 7) is -0.796. The van der Waals surface area contributed by atoms with Crippen LogP contribution in [-0.2, 0) is 31.0 Å². The number of sulfonamides is 2. The number of para-hydroxylation sites is 2. The van der Waals surface area contributed by atoms with Crippen LogP contribution >= 0.6 is 0 Å². The summed E-state index contributed by atoms with van der Waals surface area (Å²) >= 11 is 0. The standard InChI is InChI=1S/C27H21F3N4O7S2/c28-27(29,30)19-7-6-8-21(17-19)32-42(38,39)23-15-13-20(14-16-23)31-26(35)18-33(22-9-2-1-3-10-22)43(40,41)25-12-5-4-11-24(25)34(36)37/h1-17,32H,18H2,(H,31,35). The van der Waals surface area contributed by atoms with Gasteiger partial charge in [0.1, 0.15) is 6.54 Å². The van der Waals surface area contributed by atoms with Crippen LogP contribution in [0.3, 0.4) is 0 Å². The van der Waals surface area contributed by atoms with E-state index in [1.54, 1.807) is 6.07 Å². The van der Waals surface area contributed by atoms with Gasteiger partial charge in [-0.1, -0.05) is 36.4 Å². The van der Waals surface area contributed by atoms with E-state index in [2.05, 4.69) is 10.0 Å². The number of hydrogen-bond donors (Lipinski definition) is 2. The maximum Gasteiger partial charge on any atom is 0.416 e. The first-order valence-corrected chi connectivity index (χ1v) is 15.0. The van der Waals surface area contributed by atoms with Gasteiger partial charge >= 0.3 is 6.18 Å². The Morgan fingerprint density at radius 2 is 1.44 bits per heavy atom. The first-order chi connectivity index (χ1) is 20.2. The van der Waals surface area contributed by atoms with Gasteiger partial charge in [-0.15, -0.1) is 0 Å². The van der Waals surface area contributed by atoms with Crippen molar-refractivity contribution in [3.8, 4) is 0 Å². The Kier molecular flexibility index (Phi) is 8.72. The van der Waals surface area contributed by atoms with Gasteiger partial charge in [-0.2, -0.15) is 13.2 Å². The molecule has 224 valence electrons. The number of halogens is 3. The number of amides is 1. The van der Waals surface area contributed by atoms with Crippen LogP contribution in [0.15, 0.2) is 113 Å². The van der Waals surface area contributed by atoms with Crippen molar-refractivity contribution in [2.75, 3.05) is 20.9 Å². The summed E-state index contributed by atoms with van der Waals surface area (Å²) in [7, 11) is -8.92. The average Bonchev–Trinajstić information content (AvgIpc) is 2.96. The fourth-order valence-electron chi connectivity index (χ4n) is 3.88. The van der Waals surface area contributed by atoms with Gasteiger partial charge in [-0.25, -0.2) is 16.8 Å². The number of nitro groups is 1. The van der Waals surface area contributed by atoms with Crippen molar-refractivity contribution in [1.82, 2.24) is 0 Å². The number of carbonyl (C=O) groups excluding carboxylic acids is 1. The van der Waals surface area contributed by atoms with Gasteiger partial charge in [0.05, 0.1) is 21.1 Å². The molecule has 0 spiro atoms. The van der Waals surface area contributed by atoms with Crippen LogP contribution in [-0.4, -0.2) is 34.2 Å². The first kappa shape index (κ1) is 31.0. The molecule has 0 aromatic heterocycles. The Balaban J connectivity index is 1.54. The molecule has 43 heavy (non-hydrogen) atoms. The van der Waals surface area contributed by atoms with Gasteiger partial charge in [-0.3, -0.25) is 23.9 Å². The Bertz CT molecular complexity index is 1870. The number of anilines is 3. The minimum atomic E-state index is -4.67. The summed E-state index contributed by atoms with van der Waals surface area (Å²) in [5, 5.41) is 13.9. The zero-order valence-electron chi connectivity index (χ0n) is 21.7. The summed E-state index contributed by atoms with van der Waals surface area (Å²) in [6, 6.07) is 20.3. The van der Waals surface area contributed by atoms with Gasteiger partial charge in [0.25, 0.3) is 25.7 Å². The molecule has 0 atom stereocenters. The fourth-order valence-corrected chi connectivity index (χ4v) is 6.51. The van der Waals surface area contributed by atoms with E-state index in [0.29, 0.717) is 10.4 Å². The van der Waals surface area contributed by atoms with Crippen LogP contribution in [0.4, 0.5) is 35.9 Å². The third kappa shape index (κ3) is 7.28. The molecule has 4 aromatic carbocycles. The number of carbonyl (C=O) groups is 1. The molecule has 0 radical (unpaired) electrons. The summed E-state index contributed by atoms with van der Waals surface area (Å²) in [4.78, 5) is 22.6. The maximum absolute atomic E-state index is 13.5. The predicted octanol–water partition coefficient (Wildman–Crippen LogP) is 5.25. The Morgan fingerprint density at radius 3 is 2.07 bits per heavy atom. The molecule has 0 saturated carbocycles. The van der Waals surface area contributed by atoms with Crippen LogP contribution in [0.1, 0.15) is 5.56 Å². The van der Waals surface area contributed by atoms with E-state index >= 15 is 0 Å². The van der Waals surface area contributed by atoms with E-state index in [9.17, 15) is 44.9 Å². The molecule has 2 N–H and O–H groups in total. The van der Waals surface area contributed by atoms with Gasteiger partial charge in [0, 0.05) is 17.4 Å². The zero-order valence-corrected chi connectivity index (χ0v) is 23.4. The molecule has 0 aliphatic heterocycles. The minimum absolute atomic E-state index is 0.0536. The van der Waals surface area contributed by atoms with Crippen molar-refractivity contribution in [1.29, 1.82) is 0 Å². The molecule has 16 heteroatoms. The van der Waals surface area contributed by atoms with Gasteiger partial charge in [-0.05, 0) is 60.7 Å². The molecule has 0 unspecified atom stereocenters. The highest BCUT2D eigenvalue weighted by atomic mass is 32.2. The second kappa shape index (κ2) is 12.1. The third-order valence-corrected chi connectivity index (χ3v) is 9.07. The zero-order chi connectivity index (χ0) is 31.4. The van der Waals surface area contributed by atoms with E-state index in [0.717, 1.165) is 42.5 Å². The smallest absolute Gasteiger partial charge is 0.325 e. The summed E-state index contributed by atoms with van der Waals surface area (Å²) in [5.41, 5.74) is -1.91. The van der Waals surface area contributed by atoms with E-state index < -0.39 is 59.7 Å². The number of alkyl halides is 3. The third-order valence-electron chi connectivity index (χ3n) is 5.85. The van der Waals surface area contributed by atoms with E-state index in [-0.39, 0.29) is 22.0 Å². The normalized spacial score (nSPS) is 11.9. The molecule has 11 nitrogen and oxygen atoms in total.